The molecule has 0 amide bonds. The summed E-state index contributed by atoms with van der Waals surface area (Å²) in [5.74, 6) is 0.113. The number of rotatable bonds is 3. The molecule has 3 rings (SSSR count). The molecule has 0 bridgehead atoms. The maximum absolute atomic E-state index is 9.28. The molecule has 1 aromatic carbocycles. The Kier molecular flexibility index (Phi) is 3.37. The Labute approximate surface area is 113 Å². The number of hydrogen-bond acceptors (Lipinski definition) is 3. The first-order chi connectivity index (χ1) is 9.33. The first-order valence-corrected chi connectivity index (χ1v) is 6.89. The molecule has 19 heavy (non-hydrogen) atoms. The average Bonchev–Trinajstić information content (AvgIpc) is 2.93. The number of nitrogens with zero attached hydrogens (tertiary/aromatic N) is 1. The van der Waals surface area contributed by atoms with E-state index in [4.69, 9.17) is 5.26 Å². The third-order valence-electron chi connectivity index (χ3n) is 4.23. The average molecular weight is 254 g/mol. The van der Waals surface area contributed by atoms with Crippen LogP contribution in [-0.4, -0.2) is 23.8 Å². The molecule has 1 aliphatic carbocycles. The molecule has 0 aromatic heterocycles. The van der Waals surface area contributed by atoms with Crippen LogP contribution in [0.5, 0.6) is 0 Å². The Morgan fingerprint density at radius 1 is 1.32 bits per heavy atom. The lowest BCUT2D eigenvalue weighted by Crippen LogP contribution is -2.60. The Balaban J connectivity index is 1.80. The van der Waals surface area contributed by atoms with E-state index in [1.54, 1.807) is 0 Å². The van der Waals surface area contributed by atoms with Gasteiger partial charge in [0.15, 0.2) is 0 Å². The Morgan fingerprint density at radius 3 is 2.68 bits per heavy atom. The van der Waals surface area contributed by atoms with Gasteiger partial charge in [-0.15, -0.1) is 0 Å². The normalized spacial score (nSPS) is 29.5. The standard InChI is InChI=1S/C16H18N2O/c17-9-14-16(15(10-19)18-14)13-7-5-12(6-8-13)11-3-1-2-4-11/h3,5-8,14-16,18-19H,1-2,4,10H2/t14-,15+,16-/m0/s1. The molecule has 2 N–H and O–H groups in total. The molecule has 0 radical (unpaired) electrons. The topological polar surface area (TPSA) is 56.0 Å². The molecule has 3 heteroatoms. The highest BCUT2D eigenvalue weighted by Crippen LogP contribution is 2.33. The van der Waals surface area contributed by atoms with Crippen molar-refractivity contribution in [1.82, 2.24) is 5.32 Å². The molecule has 3 atom stereocenters. The lowest BCUT2D eigenvalue weighted by molar-refractivity contribution is 0.151. The highest BCUT2D eigenvalue weighted by molar-refractivity contribution is 5.67. The van der Waals surface area contributed by atoms with Crippen LogP contribution >= 0.6 is 0 Å². The number of allylic oxidation sites excluding steroid dienone is 2. The van der Waals surface area contributed by atoms with Crippen molar-refractivity contribution in [3.63, 3.8) is 0 Å². The largest absolute Gasteiger partial charge is 0.395 e. The summed E-state index contributed by atoms with van der Waals surface area (Å²) in [4.78, 5) is 0. The molecule has 1 heterocycles. The number of aliphatic hydroxyl groups is 1. The number of benzene rings is 1. The quantitative estimate of drug-likeness (QED) is 0.869. The Bertz CT molecular complexity index is 527. The zero-order valence-corrected chi connectivity index (χ0v) is 10.8. The van der Waals surface area contributed by atoms with Crippen molar-refractivity contribution < 1.29 is 5.11 Å². The fourth-order valence-corrected chi connectivity index (χ4v) is 3.11. The van der Waals surface area contributed by atoms with E-state index in [2.05, 4.69) is 41.7 Å². The minimum atomic E-state index is -0.173. The van der Waals surface area contributed by atoms with Crippen LogP contribution in [0.2, 0.25) is 0 Å². The fraction of sp³-hybridized carbons (Fsp3) is 0.438. The third-order valence-corrected chi connectivity index (χ3v) is 4.23. The van der Waals surface area contributed by atoms with Gasteiger partial charge in [-0.05, 0) is 36.0 Å². The molecule has 0 saturated carbocycles. The number of hydrogen-bond donors (Lipinski definition) is 2. The van der Waals surface area contributed by atoms with E-state index in [0.29, 0.717) is 0 Å². The van der Waals surface area contributed by atoms with Crippen LogP contribution in [-0.2, 0) is 0 Å². The smallest absolute Gasteiger partial charge is 0.104 e. The predicted octanol–water partition coefficient (Wildman–Crippen LogP) is 2.19. The van der Waals surface area contributed by atoms with E-state index >= 15 is 0 Å². The van der Waals surface area contributed by atoms with E-state index in [9.17, 15) is 5.11 Å². The first kappa shape index (κ1) is 12.4. The van der Waals surface area contributed by atoms with Crippen molar-refractivity contribution in [3.05, 3.63) is 41.5 Å². The number of aliphatic hydroxyl groups excluding tert-OH is 1. The minimum absolute atomic E-state index is 0.0150. The van der Waals surface area contributed by atoms with Crippen LogP contribution in [0.3, 0.4) is 0 Å². The monoisotopic (exact) mass is 254 g/mol. The van der Waals surface area contributed by atoms with Gasteiger partial charge in [0.05, 0.1) is 12.7 Å². The molecule has 2 aliphatic rings. The van der Waals surface area contributed by atoms with Crippen LogP contribution < -0.4 is 5.32 Å². The molecular weight excluding hydrogens is 236 g/mol. The number of nitrogens with one attached hydrogen (secondary N) is 1. The maximum Gasteiger partial charge on any atom is 0.104 e. The summed E-state index contributed by atoms with van der Waals surface area (Å²) >= 11 is 0. The number of nitriles is 1. The zero-order valence-electron chi connectivity index (χ0n) is 10.8. The summed E-state index contributed by atoms with van der Waals surface area (Å²) in [7, 11) is 0. The van der Waals surface area contributed by atoms with E-state index < -0.39 is 0 Å². The van der Waals surface area contributed by atoms with Crippen molar-refractivity contribution in [1.29, 1.82) is 5.26 Å². The van der Waals surface area contributed by atoms with E-state index in [0.717, 1.165) is 5.56 Å². The van der Waals surface area contributed by atoms with Crippen LogP contribution in [0.25, 0.3) is 5.57 Å². The first-order valence-electron chi connectivity index (χ1n) is 6.89. The minimum Gasteiger partial charge on any atom is -0.395 e. The highest BCUT2D eigenvalue weighted by atomic mass is 16.3. The second kappa shape index (κ2) is 5.16. The van der Waals surface area contributed by atoms with Crippen molar-refractivity contribution in [2.24, 2.45) is 0 Å². The van der Waals surface area contributed by atoms with Crippen LogP contribution in [0, 0.1) is 11.3 Å². The van der Waals surface area contributed by atoms with E-state index in [1.807, 2.05) is 0 Å². The van der Waals surface area contributed by atoms with Crippen LogP contribution in [0.1, 0.15) is 36.3 Å². The summed E-state index contributed by atoms with van der Waals surface area (Å²) in [5, 5.41) is 21.4. The van der Waals surface area contributed by atoms with Gasteiger partial charge in [0, 0.05) is 12.0 Å². The van der Waals surface area contributed by atoms with Crippen molar-refractivity contribution in [2.45, 2.75) is 37.3 Å². The van der Waals surface area contributed by atoms with Gasteiger partial charge in [-0.2, -0.15) is 5.26 Å². The van der Waals surface area contributed by atoms with Gasteiger partial charge in [0.2, 0.25) is 0 Å². The van der Waals surface area contributed by atoms with E-state index in [1.165, 1.54) is 30.4 Å². The summed E-state index contributed by atoms with van der Waals surface area (Å²) < 4.78 is 0. The Morgan fingerprint density at radius 2 is 2.11 bits per heavy atom. The second-order valence-electron chi connectivity index (χ2n) is 5.33. The van der Waals surface area contributed by atoms with Crippen LogP contribution in [0.4, 0.5) is 0 Å². The molecule has 98 valence electrons. The summed E-state index contributed by atoms with van der Waals surface area (Å²) in [6.07, 6.45) is 5.93. The Hall–Kier alpha value is -1.63. The zero-order chi connectivity index (χ0) is 13.2. The van der Waals surface area contributed by atoms with Gasteiger partial charge in [0.1, 0.15) is 6.04 Å². The van der Waals surface area contributed by atoms with Gasteiger partial charge in [-0.1, -0.05) is 30.3 Å². The maximum atomic E-state index is 9.28. The lowest BCUT2D eigenvalue weighted by atomic mass is 9.78. The molecule has 0 unspecified atom stereocenters. The van der Waals surface area contributed by atoms with Gasteiger partial charge in [-0.25, -0.2) is 0 Å². The molecule has 1 aromatic rings. The van der Waals surface area contributed by atoms with Gasteiger partial charge in [-0.3, -0.25) is 5.32 Å². The van der Waals surface area contributed by atoms with Crippen molar-refractivity contribution in [3.8, 4) is 6.07 Å². The SMILES string of the molecule is N#C[C@@H]1N[C@H](CO)[C@H]1c1ccc(C2=CCCC2)cc1. The molecular formula is C16H18N2O. The van der Waals surface area contributed by atoms with Gasteiger partial charge >= 0.3 is 0 Å². The summed E-state index contributed by atoms with van der Waals surface area (Å²) in [6.45, 7) is 0.0791. The molecule has 1 fully saturated rings. The van der Waals surface area contributed by atoms with Gasteiger partial charge in [0.25, 0.3) is 0 Å². The predicted molar refractivity (Wildman–Crippen MR) is 74.4 cm³/mol. The molecule has 1 aliphatic heterocycles. The second-order valence-corrected chi connectivity index (χ2v) is 5.33. The van der Waals surface area contributed by atoms with E-state index in [-0.39, 0.29) is 24.6 Å². The van der Waals surface area contributed by atoms with Crippen molar-refractivity contribution >= 4 is 5.57 Å². The molecule has 3 nitrogen and oxygen atoms in total. The summed E-state index contributed by atoms with van der Waals surface area (Å²) in [5.41, 5.74) is 3.88. The molecule has 1 saturated heterocycles. The summed E-state index contributed by atoms with van der Waals surface area (Å²) in [6, 6.07) is 10.6. The molecule has 0 spiro atoms. The highest BCUT2D eigenvalue weighted by Gasteiger charge is 2.41. The fourth-order valence-electron chi connectivity index (χ4n) is 3.11. The van der Waals surface area contributed by atoms with Crippen molar-refractivity contribution in [2.75, 3.05) is 6.61 Å². The lowest BCUT2D eigenvalue weighted by Gasteiger charge is -2.42. The van der Waals surface area contributed by atoms with Crippen LogP contribution in [0.15, 0.2) is 30.3 Å². The van der Waals surface area contributed by atoms with Gasteiger partial charge < -0.3 is 5.11 Å². The third kappa shape index (κ3) is 2.18.